The number of pyridine rings is 1. The molecule has 2 aromatic heterocycles. The van der Waals surface area contributed by atoms with Gasteiger partial charge in [-0.15, -0.1) is 0 Å². The number of rotatable bonds is 4. The molecule has 3 aromatic rings. The summed E-state index contributed by atoms with van der Waals surface area (Å²) in [6.45, 7) is 2.24. The fraction of sp³-hybridized carbons (Fsp3) is 0.176. The van der Waals surface area contributed by atoms with Gasteiger partial charge in [-0.1, -0.05) is 12.1 Å². The Labute approximate surface area is 133 Å². The normalized spacial score (nSPS) is 10.7. The van der Waals surface area contributed by atoms with Gasteiger partial charge in [0, 0.05) is 12.2 Å². The molecule has 118 valence electrons. The third-order valence-corrected chi connectivity index (χ3v) is 3.65. The molecule has 0 fully saturated rings. The molecule has 23 heavy (non-hydrogen) atoms. The minimum Gasteiger partial charge on any atom is -0.495 e. The number of methoxy groups -OCH3 is 1. The summed E-state index contributed by atoms with van der Waals surface area (Å²) in [6, 6.07) is 11.0. The number of fused-ring (bicyclic) bond motifs is 1. The molecule has 6 heteroatoms. The number of imidazole rings is 1. The maximum atomic E-state index is 12.5. The zero-order valence-corrected chi connectivity index (χ0v) is 13.0. The van der Waals surface area contributed by atoms with E-state index < -0.39 is 0 Å². The van der Waals surface area contributed by atoms with Crippen LogP contribution in [0, 0.1) is 6.92 Å². The summed E-state index contributed by atoms with van der Waals surface area (Å²) in [7, 11) is 1.59. The summed E-state index contributed by atoms with van der Waals surface area (Å²) < 4.78 is 6.96. The number of anilines is 1. The molecule has 0 bridgehead atoms. The van der Waals surface area contributed by atoms with Crippen LogP contribution in [0.2, 0.25) is 0 Å². The van der Waals surface area contributed by atoms with E-state index in [1.807, 2.05) is 43.3 Å². The Bertz CT molecular complexity index is 853. The molecule has 0 saturated carbocycles. The average Bonchev–Trinajstić information content (AvgIpc) is 2.88. The fourth-order valence-corrected chi connectivity index (χ4v) is 2.44. The SMILES string of the molecule is COc1ccc2nc(C)c(C(=O)NCc3ccc(N)cc3)n2c1. The second kappa shape index (κ2) is 6.00. The van der Waals surface area contributed by atoms with Crippen molar-refractivity contribution < 1.29 is 9.53 Å². The van der Waals surface area contributed by atoms with E-state index in [0.29, 0.717) is 35.0 Å². The lowest BCUT2D eigenvalue weighted by molar-refractivity contribution is 0.0944. The molecule has 0 aliphatic heterocycles. The van der Waals surface area contributed by atoms with Crippen LogP contribution in [0.4, 0.5) is 5.69 Å². The molecule has 0 unspecified atom stereocenters. The smallest absolute Gasteiger partial charge is 0.270 e. The highest BCUT2D eigenvalue weighted by atomic mass is 16.5. The highest BCUT2D eigenvalue weighted by Crippen LogP contribution is 2.17. The summed E-state index contributed by atoms with van der Waals surface area (Å²) in [5, 5.41) is 2.91. The molecular weight excluding hydrogens is 292 g/mol. The zero-order chi connectivity index (χ0) is 16.4. The minimum absolute atomic E-state index is 0.180. The van der Waals surface area contributed by atoms with Gasteiger partial charge in [0.25, 0.3) is 5.91 Å². The van der Waals surface area contributed by atoms with E-state index in [9.17, 15) is 4.79 Å². The summed E-state index contributed by atoms with van der Waals surface area (Å²) >= 11 is 0. The van der Waals surface area contributed by atoms with Crippen molar-refractivity contribution >= 4 is 17.2 Å². The molecule has 0 spiro atoms. The van der Waals surface area contributed by atoms with Crippen LogP contribution in [0.5, 0.6) is 5.75 Å². The van der Waals surface area contributed by atoms with Crippen molar-refractivity contribution in [2.45, 2.75) is 13.5 Å². The van der Waals surface area contributed by atoms with Crippen molar-refractivity contribution in [3.05, 3.63) is 59.5 Å². The Balaban J connectivity index is 1.85. The largest absolute Gasteiger partial charge is 0.495 e. The monoisotopic (exact) mass is 310 g/mol. The number of hydrogen-bond donors (Lipinski definition) is 2. The summed E-state index contributed by atoms with van der Waals surface area (Å²) in [4.78, 5) is 16.9. The first-order valence-electron chi connectivity index (χ1n) is 7.24. The van der Waals surface area contributed by atoms with Crippen molar-refractivity contribution in [2.75, 3.05) is 12.8 Å². The first-order valence-corrected chi connectivity index (χ1v) is 7.24. The predicted molar refractivity (Wildman–Crippen MR) is 88.5 cm³/mol. The first kappa shape index (κ1) is 14.9. The molecule has 0 atom stereocenters. The number of carbonyl (C=O) groups is 1. The summed E-state index contributed by atoms with van der Waals surface area (Å²) in [5.41, 5.74) is 9.23. The van der Waals surface area contributed by atoms with E-state index >= 15 is 0 Å². The number of ether oxygens (including phenoxy) is 1. The maximum Gasteiger partial charge on any atom is 0.270 e. The fourth-order valence-electron chi connectivity index (χ4n) is 2.44. The van der Waals surface area contributed by atoms with E-state index in [0.717, 1.165) is 5.56 Å². The van der Waals surface area contributed by atoms with Gasteiger partial charge >= 0.3 is 0 Å². The Hall–Kier alpha value is -3.02. The van der Waals surface area contributed by atoms with Crippen LogP contribution in [-0.4, -0.2) is 22.4 Å². The summed E-state index contributed by atoms with van der Waals surface area (Å²) in [5.74, 6) is 0.488. The lowest BCUT2D eigenvalue weighted by Gasteiger charge is -2.07. The highest BCUT2D eigenvalue weighted by Gasteiger charge is 2.16. The first-order chi connectivity index (χ1) is 11.1. The second-order valence-electron chi connectivity index (χ2n) is 5.27. The number of hydrogen-bond acceptors (Lipinski definition) is 4. The highest BCUT2D eigenvalue weighted by molar-refractivity contribution is 5.94. The summed E-state index contributed by atoms with van der Waals surface area (Å²) in [6.07, 6.45) is 1.76. The van der Waals surface area contributed by atoms with Gasteiger partial charge < -0.3 is 15.8 Å². The van der Waals surface area contributed by atoms with E-state index in [1.54, 1.807) is 17.7 Å². The number of nitrogens with two attached hydrogens (primary N) is 1. The third-order valence-electron chi connectivity index (χ3n) is 3.65. The minimum atomic E-state index is -0.180. The maximum absolute atomic E-state index is 12.5. The molecular formula is C17H18N4O2. The van der Waals surface area contributed by atoms with Crippen LogP contribution in [0.1, 0.15) is 21.7 Å². The molecule has 6 nitrogen and oxygen atoms in total. The number of aryl methyl sites for hydroxylation is 1. The number of benzene rings is 1. The molecule has 1 aromatic carbocycles. The molecule has 0 radical (unpaired) electrons. The molecule has 0 aliphatic rings. The Kier molecular flexibility index (Phi) is 3.89. The third kappa shape index (κ3) is 2.96. The van der Waals surface area contributed by atoms with Gasteiger partial charge in [0.2, 0.25) is 0 Å². The van der Waals surface area contributed by atoms with Gasteiger partial charge in [0.1, 0.15) is 17.1 Å². The van der Waals surface area contributed by atoms with Crippen molar-refractivity contribution in [3.63, 3.8) is 0 Å². The molecule has 1 amide bonds. The van der Waals surface area contributed by atoms with Crippen molar-refractivity contribution in [2.24, 2.45) is 0 Å². The van der Waals surface area contributed by atoms with E-state index in [-0.39, 0.29) is 5.91 Å². The van der Waals surface area contributed by atoms with Gasteiger partial charge in [-0.05, 0) is 36.8 Å². The number of nitrogen functional groups attached to an aromatic ring is 1. The number of amides is 1. The van der Waals surface area contributed by atoms with Crippen LogP contribution in [-0.2, 0) is 6.54 Å². The number of nitrogens with one attached hydrogen (secondary N) is 1. The topological polar surface area (TPSA) is 81.6 Å². The van der Waals surface area contributed by atoms with Crippen LogP contribution in [0.3, 0.4) is 0 Å². The lowest BCUT2D eigenvalue weighted by Crippen LogP contribution is -2.25. The molecule has 0 aliphatic carbocycles. The van der Waals surface area contributed by atoms with Gasteiger partial charge in [0.05, 0.1) is 19.0 Å². The van der Waals surface area contributed by atoms with Crippen LogP contribution in [0.25, 0.3) is 5.65 Å². The van der Waals surface area contributed by atoms with Crippen LogP contribution >= 0.6 is 0 Å². The second-order valence-corrected chi connectivity index (χ2v) is 5.27. The molecule has 3 rings (SSSR count). The van der Waals surface area contributed by atoms with Gasteiger partial charge in [0.15, 0.2) is 0 Å². The standard InChI is InChI=1S/C17H18N4O2/c1-11-16(21-10-14(23-2)7-8-15(21)20-11)17(22)19-9-12-3-5-13(18)6-4-12/h3-8,10H,9,18H2,1-2H3,(H,19,22). The van der Waals surface area contributed by atoms with Gasteiger partial charge in [-0.2, -0.15) is 0 Å². The van der Waals surface area contributed by atoms with Gasteiger partial charge in [-0.3, -0.25) is 9.20 Å². The molecule has 0 saturated heterocycles. The Morgan fingerprint density at radius 1 is 1.26 bits per heavy atom. The number of nitrogens with zero attached hydrogens (tertiary/aromatic N) is 2. The van der Waals surface area contributed by atoms with Gasteiger partial charge in [-0.25, -0.2) is 4.98 Å². The lowest BCUT2D eigenvalue weighted by atomic mass is 10.2. The zero-order valence-electron chi connectivity index (χ0n) is 13.0. The van der Waals surface area contributed by atoms with Crippen molar-refractivity contribution in [1.82, 2.24) is 14.7 Å². The Morgan fingerprint density at radius 2 is 2.00 bits per heavy atom. The molecule has 2 heterocycles. The predicted octanol–water partition coefficient (Wildman–Crippen LogP) is 2.16. The van der Waals surface area contributed by atoms with Crippen LogP contribution in [0.15, 0.2) is 42.6 Å². The van der Waals surface area contributed by atoms with E-state index in [4.69, 9.17) is 10.5 Å². The molecule has 3 N–H and O–H groups in total. The van der Waals surface area contributed by atoms with E-state index in [1.165, 1.54) is 0 Å². The Morgan fingerprint density at radius 3 is 2.70 bits per heavy atom. The van der Waals surface area contributed by atoms with Crippen molar-refractivity contribution in [1.29, 1.82) is 0 Å². The quantitative estimate of drug-likeness (QED) is 0.724. The van der Waals surface area contributed by atoms with E-state index in [2.05, 4.69) is 10.3 Å². The number of carbonyl (C=O) groups excluding carboxylic acids is 1. The van der Waals surface area contributed by atoms with Crippen molar-refractivity contribution in [3.8, 4) is 5.75 Å². The van der Waals surface area contributed by atoms with Crippen LogP contribution < -0.4 is 15.8 Å². The average molecular weight is 310 g/mol. The number of aromatic nitrogens is 2.